The number of rotatable bonds is 4. The van der Waals surface area contributed by atoms with Crippen molar-refractivity contribution >= 4 is 23.5 Å². The Bertz CT molecular complexity index is 448. The van der Waals surface area contributed by atoms with Gasteiger partial charge in [-0.1, -0.05) is 32.1 Å². The van der Waals surface area contributed by atoms with E-state index in [1.807, 2.05) is 13.1 Å². The van der Waals surface area contributed by atoms with E-state index in [9.17, 15) is 0 Å². The van der Waals surface area contributed by atoms with Gasteiger partial charge in [-0.15, -0.1) is 0 Å². The maximum atomic E-state index is 5.13. The Labute approximate surface area is 121 Å². The zero-order valence-electron chi connectivity index (χ0n) is 12.0. The second-order valence-electron chi connectivity index (χ2n) is 6.26. The summed E-state index contributed by atoms with van der Waals surface area (Å²) in [7, 11) is 0. The number of hydrazone groups is 1. The minimum absolute atomic E-state index is 0.439. The van der Waals surface area contributed by atoms with Gasteiger partial charge >= 0.3 is 0 Å². The lowest BCUT2D eigenvalue weighted by atomic mass is 9.49. The standard InChI is InChI=1S/C15H23N3S/c1-10(2)8-16-14(19)18-17-9-11-5-6-12-7-13(11)15(12,3)4/h5,9,12-13H,1,6-8H2,2-4H3,(H2,16,18,19)/t12-,13+/m0/s1. The molecule has 0 saturated heterocycles. The Kier molecular flexibility index (Phi) is 4.09. The Balaban J connectivity index is 1.82. The number of nitrogens with one attached hydrogen (secondary N) is 2. The van der Waals surface area contributed by atoms with Gasteiger partial charge in [-0.2, -0.15) is 5.10 Å². The molecular formula is C15H23N3S. The van der Waals surface area contributed by atoms with Crippen LogP contribution in [0.1, 0.15) is 33.6 Å². The van der Waals surface area contributed by atoms with Crippen molar-refractivity contribution in [1.82, 2.24) is 10.7 Å². The van der Waals surface area contributed by atoms with Gasteiger partial charge in [0, 0.05) is 6.54 Å². The summed E-state index contributed by atoms with van der Waals surface area (Å²) in [6.07, 6.45) is 6.74. The van der Waals surface area contributed by atoms with Crippen molar-refractivity contribution in [1.29, 1.82) is 0 Å². The van der Waals surface area contributed by atoms with Gasteiger partial charge in [0.2, 0.25) is 0 Å². The zero-order valence-corrected chi connectivity index (χ0v) is 12.8. The topological polar surface area (TPSA) is 36.4 Å². The summed E-state index contributed by atoms with van der Waals surface area (Å²) in [5.41, 5.74) is 5.69. The van der Waals surface area contributed by atoms with Gasteiger partial charge in [0.15, 0.2) is 5.11 Å². The van der Waals surface area contributed by atoms with Crippen LogP contribution in [0.2, 0.25) is 0 Å². The van der Waals surface area contributed by atoms with Gasteiger partial charge in [0.05, 0.1) is 6.21 Å². The van der Waals surface area contributed by atoms with Crippen LogP contribution in [-0.4, -0.2) is 17.9 Å². The SMILES string of the molecule is C=C(C)CNC(=S)NN=CC1=CC[C@H]2C[C@H]1C2(C)C. The lowest BCUT2D eigenvalue weighted by molar-refractivity contribution is -0.00126. The third kappa shape index (κ3) is 3.06. The summed E-state index contributed by atoms with van der Waals surface area (Å²) in [4.78, 5) is 0. The molecule has 104 valence electrons. The van der Waals surface area contributed by atoms with E-state index in [1.165, 1.54) is 18.4 Å². The van der Waals surface area contributed by atoms with Crippen LogP contribution >= 0.6 is 12.2 Å². The van der Waals surface area contributed by atoms with E-state index in [4.69, 9.17) is 12.2 Å². The molecule has 2 bridgehead atoms. The molecule has 0 aromatic carbocycles. The van der Waals surface area contributed by atoms with Gasteiger partial charge in [-0.05, 0) is 54.8 Å². The summed E-state index contributed by atoms with van der Waals surface area (Å²) in [6.45, 7) is 11.2. The molecule has 19 heavy (non-hydrogen) atoms. The summed E-state index contributed by atoms with van der Waals surface area (Å²) in [6, 6.07) is 0. The maximum absolute atomic E-state index is 5.13. The highest BCUT2D eigenvalue weighted by Crippen LogP contribution is 2.58. The summed E-state index contributed by atoms with van der Waals surface area (Å²) in [5, 5.41) is 7.82. The predicted octanol–water partition coefficient (Wildman–Crippen LogP) is 3.00. The van der Waals surface area contributed by atoms with E-state index in [2.05, 4.69) is 42.3 Å². The lowest BCUT2D eigenvalue weighted by Crippen LogP contribution is -2.48. The number of allylic oxidation sites excluding steroid dienone is 2. The Morgan fingerprint density at radius 2 is 2.37 bits per heavy atom. The molecule has 0 heterocycles. The molecular weight excluding hydrogens is 254 g/mol. The molecule has 0 spiro atoms. The largest absolute Gasteiger partial charge is 0.358 e. The third-order valence-corrected chi connectivity index (χ3v) is 4.68. The van der Waals surface area contributed by atoms with Gasteiger partial charge < -0.3 is 5.32 Å². The number of thiocarbonyl (C=S) groups is 1. The quantitative estimate of drug-likeness (QED) is 0.359. The molecule has 0 unspecified atom stereocenters. The van der Waals surface area contributed by atoms with E-state index >= 15 is 0 Å². The van der Waals surface area contributed by atoms with Crippen LogP contribution < -0.4 is 10.7 Å². The van der Waals surface area contributed by atoms with Crippen LogP contribution in [0, 0.1) is 17.3 Å². The van der Waals surface area contributed by atoms with Crippen LogP contribution in [-0.2, 0) is 0 Å². The first-order valence-electron chi connectivity index (χ1n) is 6.82. The van der Waals surface area contributed by atoms with Crippen molar-refractivity contribution in [2.24, 2.45) is 22.4 Å². The van der Waals surface area contributed by atoms with Crippen LogP contribution in [0.4, 0.5) is 0 Å². The van der Waals surface area contributed by atoms with Crippen molar-refractivity contribution in [2.75, 3.05) is 6.54 Å². The van der Waals surface area contributed by atoms with E-state index in [-0.39, 0.29) is 0 Å². The molecule has 0 aliphatic heterocycles. The summed E-state index contributed by atoms with van der Waals surface area (Å²) in [5.74, 6) is 1.52. The minimum Gasteiger partial charge on any atom is -0.358 e. The Hall–Kier alpha value is -1.16. The fraction of sp³-hybridized carbons (Fsp3) is 0.600. The fourth-order valence-corrected chi connectivity index (χ4v) is 3.11. The molecule has 3 aliphatic carbocycles. The van der Waals surface area contributed by atoms with Crippen LogP contribution in [0.5, 0.6) is 0 Å². The number of hydrogen-bond acceptors (Lipinski definition) is 2. The van der Waals surface area contributed by atoms with E-state index < -0.39 is 0 Å². The molecule has 0 radical (unpaired) electrons. The first kappa shape index (κ1) is 14.3. The highest BCUT2D eigenvalue weighted by Gasteiger charge is 2.50. The summed E-state index contributed by atoms with van der Waals surface area (Å²) >= 11 is 5.13. The minimum atomic E-state index is 0.439. The van der Waals surface area contributed by atoms with Crippen LogP contribution in [0.3, 0.4) is 0 Å². The highest BCUT2D eigenvalue weighted by molar-refractivity contribution is 7.80. The smallest absolute Gasteiger partial charge is 0.187 e. The molecule has 2 N–H and O–H groups in total. The lowest BCUT2D eigenvalue weighted by Gasteiger charge is -2.55. The zero-order chi connectivity index (χ0) is 14.0. The number of hydrogen-bond donors (Lipinski definition) is 2. The van der Waals surface area contributed by atoms with Crippen LogP contribution in [0.25, 0.3) is 0 Å². The van der Waals surface area contributed by atoms with Crippen LogP contribution in [0.15, 0.2) is 28.9 Å². The molecule has 3 rings (SSSR count). The summed E-state index contributed by atoms with van der Waals surface area (Å²) < 4.78 is 0. The molecule has 2 atom stereocenters. The van der Waals surface area contributed by atoms with Crippen molar-refractivity contribution in [3.05, 3.63) is 23.8 Å². The second kappa shape index (κ2) is 5.45. The Morgan fingerprint density at radius 1 is 1.63 bits per heavy atom. The van der Waals surface area contributed by atoms with Gasteiger partial charge in [-0.25, -0.2) is 0 Å². The fourth-order valence-electron chi connectivity index (χ4n) is 2.98. The van der Waals surface area contributed by atoms with Crippen molar-refractivity contribution in [2.45, 2.75) is 33.6 Å². The molecule has 3 nitrogen and oxygen atoms in total. The van der Waals surface area contributed by atoms with Gasteiger partial charge in [-0.3, -0.25) is 5.43 Å². The molecule has 4 heteroatoms. The van der Waals surface area contributed by atoms with E-state index in [1.54, 1.807) is 0 Å². The van der Waals surface area contributed by atoms with Crippen molar-refractivity contribution < 1.29 is 0 Å². The van der Waals surface area contributed by atoms with Crippen molar-refractivity contribution in [3.63, 3.8) is 0 Å². The molecule has 0 aromatic rings. The first-order chi connectivity index (χ1) is 8.91. The van der Waals surface area contributed by atoms with E-state index in [0.717, 1.165) is 11.5 Å². The Morgan fingerprint density at radius 3 is 2.95 bits per heavy atom. The molecule has 1 fully saturated rings. The van der Waals surface area contributed by atoms with Gasteiger partial charge in [0.25, 0.3) is 0 Å². The molecule has 3 aliphatic rings. The monoisotopic (exact) mass is 277 g/mol. The predicted molar refractivity (Wildman–Crippen MR) is 85.1 cm³/mol. The second-order valence-corrected chi connectivity index (χ2v) is 6.66. The highest BCUT2D eigenvalue weighted by atomic mass is 32.1. The van der Waals surface area contributed by atoms with Crippen molar-refractivity contribution in [3.8, 4) is 0 Å². The molecule has 0 aromatic heterocycles. The third-order valence-electron chi connectivity index (χ3n) is 4.44. The maximum Gasteiger partial charge on any atom is 0.187 e. The van der Waals surface area contributed by atoms with E-state index in [0.29, 0.717) is 23.0 Å². The molecule has 0 amide bonds. The molecule has 1 saturated carbocycles. The first-order valence-corrected chi connectivity index (χ1v) is 7.23. The average molecular weight is 277 g/mol. The number of nitrogens with zero attached hydrogens (tertiary/aromatic N) is 1. The average Bonchev–Trinajstić information content (AvgIpc) is 2.36. The number of fused-ring (bicyclic) bond motifs is 1. The normalized spacial score (nSPS) is 27.4. The van der Waals surface area contributed by atoms with Gasteiger partial charge in [0.1, 0.15) is 0 Å².